The summed E-state index contributed by atoms with van der Waals surface area (Å²) in [5, 5.41) is 17.0. The molecule has 1 atom stereocenters. The molecule has 1 saturated heterocycles. The lowest BCUT2D eigenvalue weighted by molar-refractivity contribution is -0.0172. The van der Waals surface area contributed by atoms with Crippen molar-refractivity contribution in [3.8, 4) is 0 Å². The summed E-state index contributed by atoms with van der Waals surface area (Å²) in [7, 11) is 0. The molecule has 1 aliphatic heterocycles. The maximum Gasteiger partial charge on any atom is 0.335 e. The fourth-order valence-corrected chi connectivity index (χ4v) is 1.53. The average Bonchev–Trinajstić information content (AvgIpc) is 2.41. The van der Waals surface area contributed by atoms with Gasteiger partial charge in [0.2, 0.25) is 0 Å². The first-order valence-corrected chi connectivity index (χ1v) is 5.75. The van der Waals surface area contributed by atoms with Crippen LogP contribution in [0.5, 0.6) is 0 Å². The summed E-state index contributed by atoms with van der Waals surface area (Å²) >= 11 is 0. The van der Waals surface area contributed by atoms with Crippen LogP contribution in [0.4, 0.5) is 0 Å². The predicted molar refractivity (Wildman–Crippen MR) is 64.1 cm³/mol. The highest BCUT2D eigenvalue weighted by Gasteiger charge is 2.10. The van der Waals surface area contributed by atoms with E-state index >= 15 is 0 Å². The number of carboxylic acids is 1. The summed E-state index contributed by atoms with van der Waals surface area (Å²) in [5.74, 6) is -0.879. The zero-order chi connectivity index (χ0) is 12.5. The van der Waals surface area contributed by atoms with Gasteiger partial charge in [0, 0.05) is 6.61 Å². The maximum absolute atomic E-state index is 10.2. The second kappa shape index (κ2) is 7.81. The minimum atomic E-state index is -0.879. The van der Waals surface area contributed by atoms with E-state index in [-0.39, 0.29) is 12.7 Å². The Bertz CT molecular complexity index is 317. The number of ether oxygens (including phenoxy) is 1. The molecule has 1 unspecified atom stereocenters. The van der Waals surface area contributed by atoms with Gasteiger partial charge in [-0.3, -0.25) is 0 Å². The van der Waals surface area contributed by atoms with Crippen LogP contribution in [0.2, 0.25) is 0 Å². The molecule has 1 aromatic rings. The van der Waals surface area contributed by atoms with Gasteiger partial charge in [-0.1, -0.05) is 18.2 Å². The number of carbonyl (C=O) groups is 1. The highest BCUT2D eigenvalue weighted by atomic mass is 16.5. The van der Waals surface area contributed by atoms with E-state index in [9.17, 15) is 4.79 Å². The van der Waals surface area contributed by atoms with E-state index in [2.05, 4.69) is 0 Å². The molecule has 1 aromatic carbocycles. The lowest BCUT2D eigenvalue weighted by Crippen LogP contribution is -2.22. The third-order valence-electron chi connectivity index (χ3n) is 2.50. The summed E-state index contributed by atoms with van der Waals surface area (Å²) in [6.45, 7) is 1.03. The van der Waals surface area contributed by atoms with Crippen molar-refractivity contribution < 1.29 is 19.7 Å². The standard InChI is InChI=1S/C7H6O2.C6H12O2/c8-7(9)6-4-2-1-3-5-6;7-5-6-3-1-2-4-8-6/h1-5H,(H,8,9);6-7H,1-5H2. The highest BCUT2D eigenvalue weighted by Crippen LogP contribution is 2.10. The van der Waals surface area contributed by atoms with Crippen molar-refractivity contribution in [2.45, 2.75) is 25.4 Å². The average molecular weight is 238 g/mol. The van der Waals surface area contributed by atoms with Crippen molar-refractivity contribution in [3.05, 3.63) is 35.9 Å². The molecule has 0 amide bonds. The van der Waals surface area contributed by atoms with Crippen LogP contribution in [0.3, 0.4) is 0 Å². The Morgan fingerprint density at radius 3 is 2.35 bits per heavy atom. The maximum atomic E-state index is 10.2. The summed E-state index contributed by atoms with van der Waals surface area (Å²) in [5.41, 5.74) is 0.331. The molecule has 0 aliphatic carbocycles. The van der Waals surface area contributed by atoms with Crippen molar-refractivity contribution in [3.63, 3.8) is 0 Å². The van der Waals surface area contributed by atoms with Crippen LogP contribution in [-0.2, 0) is 4.74 Å². The van der Waals surface area contributed by atoms with Gasteiger partial charge in [0.25, 0.3) is 0 Å². The summed E-state index contributed by atoms with van der Waals surface area (Å²) in [6, 6.07) is 8.30. The molecule has 4 heteroatoms. The highest BCUT2D eigenvalue weighted by molar-refractivity contribution is 5.87. The molecule has 0 bridgehead atoms. The van der Waals surface area contributed by atoms with Crippen LogP contribution in [0.25, 0.3) is 0 Å². The van der Waals surface area contributed by atoms with E-state index in [0.29, 0.717) is 5.56 Å². The predicted octanol–water partition coefficient (Wildman–Crippen LogP) is 1.93. The molecule has 0 aromatic heterocycles. The Balaban J connectivity index is 0.000000171. The largest absolute Gasteiger partial charge is 0.478 e. The molecule has 17 heavy (non-hydrogen) atoms. The second-order valence-corrected chi connectivity index (χ2v) is 3.84. The number of hydrogen-bond acceptors (Lipinski definition) is 3. The van der Waals surface area contributed by atoms with Gasteiger partial charge in [-0.05, 0) is 31.4 Å². The van der Waals surface area contributed by atoms with Crippen LogP contribution in [0.1, 0.15) is 29.6 Å². The molecule has 4 nitrogen and oxygen atoms in total. The van der Waals surface area contributed by atoms with Crippen molar-refractivity contribution in [1.82, 2.24) is 0 Å². The Morgan fingerprint density at radius 1 is 1.29 bits per heavy atom. The molecule has 0 radical (unpaired) electrons. The molecular formula is C13H18O4. The first-order valence-electron chi connectivity index (χ1n) is 5.75. The number of hydrogen-bond donors (Lipinski definition) is 2. The van der Waals surface area contributed by atoms with Gasteiger partial charge in [-0.15, -0.1) is 0 Å². The Kier molecular flexibility index (Phi) is 6.29. The van der Waals surface area contributed by atoms with Crippen LogP contribution in [0.15, 0.2) is 30.3 Å². The fraction of sp³-hybridized carbons (Fsp3) is 0.462. The van der Waals surface area contributed by atoms with E-state index in [1.54, 1.807) is 30.3 Å². The van der Waals surface area contributed by atoms with Gasteiger partial charge in [-0.25, -0.2) is 4.79 Å². The zero-order valence-corrected chi connectivity index (χ0v) is 9.71. The Morgan fingerprint density at radius 2 is 2.00 bits per heavy atom. The summed E-state index contributed by atoms with van der Waals surface area (Å²) in [6.07, 6.45) is 3.56. The number of rotatable bonds is 2. The first kappa shape index (κ1) is 13.7. The second-order valence-electron chi connectivity index (χ2n) is 3.84. The van der Waals surface area contributed by atoms with Crippen LogP contribution < -0.4 is 0 Å². The van der Waals surface area contributed by atoms with Gasteiger partial charge < -0.3 is 14.9 Å². The normalized spacial score (nSPS) is 19.0. The third kappa shape index (κ3) is 5.47. The van der Waals surface area contributed by atoms with E-state index in [1.165, 1.54) is 6.42 Å². The summed E-state index contributed by atoms with van der Waals surface area (Å²) < 4.78 is 5.18. The minimum absolute atomic E-state index is 0.142. The molecule has 2 rings (SSSR count). The van der Waals surface area contributed by atoms with Gasteiger partial charge >= 0.3 is 5.97 Å². The van der Waals surface area contributed by atoms with Gasteiger partial charge in [0.1, 0.15) is 0 Å². The molecule has 2 N–H and O–H groups in total. The molecule has 1 aliphatic rings. The monoisotopic (exact) mass is 238 g/mol. The van der Waals surface area contributed by atoms with Crippen molar-refractivity contribution in [1.29, 1.82) is 0 Å². The first-order chi connectivity index (χ1) is 8.24. The lowest BCUT2D eigenvalue weighted by atomic mass is 10.1. The zero-order valence-electron chi connectivity index (χ0n) is 9.71. The van der Waals surface area contributed by atoms with Gasteiger partial charge in [-0.2, -0.15) is 0 Å². The molecular weight excluding hydrogens is 220 g/mol. The number of aromatic carboxylic acids is 1. The lowest BCUT2D eigenvalue weighted by Gasteiger charge is -2.19. The molecule has 94 valence electrons. The van der Waals surface area contributed by atoms with E-state index in [0.717, 1.165) is 19.4 Å². The quantitative estimate of drug-likeness (QED) is 0.826. The SMILES string of the molecule is O=C(O)c1ccccc1.OCC1CCCCO1. The molecule has 0 spiro atoms. The number of carboxylic acid groups (broad SMARTS) is 1. The number of aliphatic hydroxyl groups is 1. The minimum Gasteiger partial charge on any atom is -0.478 e. The number of benzene rings is 1. The van der Waals surface area contributed by atoms with Crippen LogP contribution >= 0.6 is 0 Å². The van der Waals surface area contributed by atoms with Gasteiger partial charge in [0.15, 0.2) is 0 Å². The van der Waals surface area contributed by atoms with E-state index in [1.807, 2.05) is 0 Å². The molecule has 1 fully saturated rings. The molecule has 1 heterocycles. The van der Waals surface area contributed by atoms with E-state index < -0.39 is 5.97 Å². The number of aliphatic hydroxyl groups excluding tert-OH is 1. The van der Waals surface area contributed by atoms with E-state index in [4.69, 9.17) is 14.9 Å². The Labute approximate surface area is 101 Å². The van der Waals surface area contributed by atoms with Crippen LogP contribution in [0, 0.1) is 0 Å². The summed E-state index contributed by atoms with van der Waals surface area (Å²) in [4.78, 5) is 10.2. The van der Waals surface area contributed by atoms with Crippen molar-refractivity contribution >= 4 is 5.97 Å². The Hall–Kier alpha value is -1.39. The smallest absolute Gasteiger partial charge is 0.335 e. The third-order valence-corrected chi connectivity index (χ3v) is 2.50. The van der Waals surface area contributed by atoms with Crippen LogP contribution in [-0.4, -0.2) is 35.5 Å². The van der Waals surface area contributed by atoms with Crippen molar-refractivity contribution in [2.24, 2.45) is 0 Å². The molecule has 0 saturated carbocycles. The van der Waals surface area contributed by atoms with Gasteiger partial charge in [0.05, 0.1) is 18.3 Å². The van der Waals surface area contributed by atoms with Crippen molar-refractivity contribution in [2.75, 3.05) is 13.2 Å². The topological polar surface area (TPSA) is 66.8 Å². The fourth-order valence-electron chi connectivity index (χ4n) is 1.53.